The van der Waals surface area contributed by atoms with Crippen molar-refractivity contribution in [2.24, 2.45) is 0 Å². The van der Waals surface area contributed by atoms with E-state index in [1.807, 2.05) is 18.2 Å². The zero-order chi connectivity index (χ0) is 14.1. The number of rotatable bonds is 4. The first-order valence-electron chi connectivity index (χ1n) is 6.94. The van der Waals surface area contributed by atoms with E-state index in [4.69, 9.17) is 4.74 Å². The highest BCUT2D eigenvalue weighted by Gasteiger charge is 2.27. The SMILES string of the molecule is CC(C)c1ccc(Oc2cc(Br)nc(C3CC3)n2)cc1. The molecule has 1 aromatic heterocycles. The third kappa shape index (κ3) is 3.18. The molecule has 0 spiro atoms. The number of nitrogens with zero attached hydrogens (tertiary/aromatic N) is 2. The van der Waals surface area contributed by atoms with Crippen molar-refractivity contribution in [2.75, 3.05) is 0 Å². The summed E-state index contributed by atoms with van der Waals surface area (Å²) in [5, 5.41) is 0. The zero-order valence-corrected chi connectivity index (χ0v) is 13.2. The summed E-state index contributed by atoms with van der Waals surface area (Å²) in [6.07, 6.45) is 2.36. The fraction of sp³-hybridized carbons (Fsp3) is 0.375. The quantitative estimate of drug-likeness (QED) is 0.736. The largest absolute Gasteiger partial charge is 0.439 e. The van der Waals surface area contributed by atoms with Gasteiger partial charge in [-0.25, -0.2) is 4.98 Å². The van der Waals surface area contributed by atoms with Gasteiger partial charge in [0.1, 0.15) is 16.2 Å². The van der Waals surface area contributed by atoms with Gasteiger partial charge in [0.05, 0.1) is 0 Å². The van der Waals surface area contributed by atoms with Gasteiger partial charge in [-0.1, -0.05) is 26.0 Å². The van der Waals surface area contributed by atoms with Crippen LogP contribution < -0.4 is 4.74 Å². The van der Waals surface area contributed by atoms with Gasteiger partial charge in [0.25, 0.3) is 0 Å². The predicted octanol–water partition coefficient (Wildman–Crippen LogP) is 5.03. The lowest BCUT2D eigenvalue weighted by Gasteiger charge is -2.09. The highest BCUT2D eigenvalue weighted by atomic mass is 79.9. The highest BCUT2D eigenvalue weighted by Crippen LogP contribution is 2.39. The number of hydrogen-bond acceptors (Lipinski definition) is 3. The van der Waals surface area contributed by atoms with Crippen LogP contribution >= 0.6 is 15.9 Å². The van der Waals surface area contributed by atoms with E-state index in [-0.39, 0.29) is 0 Å². The lowest BCUT2D eigenvalue weighted by molar-refractivity contribution is 0.457. The van der Waals surface area contributed by atoms with Crippen molar-refractivity contribution in [2.45, 2.75) is 38.5 Å². The van der Waals surface area contributed by atoms with Crippen LogP contribution in [0.15, 0.2) is 34.9 Å². The van der Waals surface area contributed by atoms with Gasteiger partial charge in [-0.3, -0.25) is 0 Å². The molecule has 0 radical (unpaired) electrons. The van der Waals surface area contributed by atoms with Gasteiger partial charge in [0.2, 0.25) is 5.88 Å². The summed E-state index contributed by atoms with van der Waals surface area (Å²) < 4.78 is 6.61. The number of ether oxygens (including phenoxy) is 1. The van der Waals surface area contributed by atoms with Gasteiger partial charge >= 0.3 is 0 Å². The molecule has 0 saturated heterocycles. The lowest BCUT2D eigenvalue weighted by Crippen LogP contribution is -1.96. The molecule has 0 bridgehead atoms. The van der Waals surface area contributed by atoms with Crippen LogP contribution in [0.1, 0.15) is 49.9 Å². The Labute approximate surface area is 127 Å². The monoisotopic (exact) mass is 332 g/mol. The summed E-state index contributed by atoms with van der Waals surface area (Å²) in [6, 6.07) is 9.97. The molecule has 0 aliphatic heterocycles. The molecular formula is C16H17BrN2O. The molecular weight excluding hydrogens is 316 g/mol. The van der Waals surface area contributed by atoms with Gasteiger partial charge in [0, 0.05) is 12.0 Å². The fourth-order valence-electron chi connectivity index (χ4n) is 2.03. The topological polar surface area (TPSA) is 35.0 Å². The molecule has 3 nitrogen and oxygen atoms in total. The molecule has 1 aromatic carbocycles. The Morgan fingerprint density at radius 1 is 1.15 bits per heavy atom. The maximum atomic E-state index is 5.83. The molecule has 0 N–H and O–H groups in total. The molecule has 20 heavy (non-hydrogen) atoms. The van der Waals surface area contributed by atoms with Crippen LogP contribution in [0.3, 0.4) is 0 Å². The van der Waals surface area contributed by atoms with Crippen LogP contribution in [-0.4, -0.2) is 9.97 Å². The number of aromatic nitrogens is 2. The minimum absolute atomic E-state index is 0.512. The molecule has 4 heteroatoms. The van der Waals surface area contributed by atoms with E-state index in [0.29, 0.717) is 17.7 Å². The molecule has 0 unspecified atom stereocenters. The van der Waals surface area contributed by atoms with Crippen LogP contribution in [0.2, 0.25) is 0 Å². The molecule has 104 valence electrons. The Balaban J connectivity index is 1.79. The van der Waals surface area contributed by atoms with Crippen molar-refractivity contribution in [1.29, 1.82) is 0 Å². The van der Waals surface area contributed by atoms with Gasteiger partial charge in [-0.2, -0.15) is 4.98 Å². The number of hydrogen-bond donors (Lipinski definition) is 0. The van der Waals surface area contributed by atoms with E-state index >= 15 is 0 Å². The Kier molecular flexibility index (Phi) is 3.74. The van der Waals surface area contributed by atoms with Gasteiger partial charge in [-0.15, -0.1) is 0 Å². The van der Waals surface area contributed by atoms with E-state index < -0.39 is 0 Å². The molecule has 1 aliphatic carbocycles. The van der Waals surface area contributed by atoms with Crippen LogP contribution in [0.25, 0.3) is 0 Å². The standard InChI is InChI=1S/C16H17BrN2O/c1-10(2)11-5-7-13(8-6-11)20-15-9-14(17)18-16(19-15)12-3-4-12/h5-10,12H,3-4H2,1-2H3. The third-order valence-electron chi connectivity index (χ3n) is 3.40. The molecule has 2 aromatic rings. The van der Waals surface area contributed by atoms with E-state index in [0.717, 1.165) is 16.2 Å². The average Bonchev–Trinajstić information content (AvgIpc) is 3.23. The molecule has 3 rings (SSSR count). The third-order valence-corrected chi connectivity index (χ3v) is 3.81. The summed E-state index contributed by atoms with van der Waals surface area (Å²) in [7, 11) is 0. The zero-order valence-electron chi connectivity index (χ0n) is 11.6. The van der Waals surface area contributed by atoms with Gasteiger partial charge in [-0.05, 0) is 52.4 Å². The maximum absolute atomic E-state index is 5.83. The molecule has 1 heterocycles. The van der Waals surface area contributed by atoms with Gasteiger partial charge in [0.15, 0.2) is 0 Å². The first-order valence-corrected chi connectivity index (χ1v) is 7.73. The Hall–Kier alpha value is -1.42. The molecule has 0 atom stereocenters. The molecule has 1 saturated carbocycles. The predicted molar refractivity (Wildman–Crippen MR) is 82.3 cm³/mol. The minimum atomic E-state index is 0.512. The van der Waals surface area contributed by atoms with Crippen molar-refractivity contribution in [3.05, 3.63) is 46.3 Å². The second-order valence-electron chi connectivity index (χ2n) is 5.49. The second kappa shape index (κ2) is 5.52. The summed E-state index contributed by atoms with van der Waals surface area (Å²) in [5.41, 5.74) is 1.31. The minimum Gasteiger partial charge on any atom is -0.439 e. The van der Waals surface area contributed by atoms with Crippen LogP contribution in [0.5, 0.6) is 11.6 Å². The first kappa shape index (κ1) is 13.6. The van der Waals surface area contributed by atoms with E-state index in [9.17, 15) is 0 Å². The highest BCUT2D eigenvalue weighted by molar-refractivity contribution is 9.10. The maximum Gasteiger partial charge on any atom is 0.223 e. The van der Waals surface area contributed by atoms with Crippen molar-refractivity contribution >= 4 is 15.9 Å². The van der Waals surface area contributed by atoms with E-state index in [1.165, 1.54) is 18.4 Å². The van der Waals surface area contributed by atoms with Crippen LogP contribution in [-0.2, 0) is 0 Å². The summed E-state index contributed by atoms with van der Waals surface area (Å²) >= 11 is 3.42. The summed E-state index contributed by atoms with van der Waals surface area (Å²) in [6.45, 7) is 4.36. The number of benzene rings is 1. The first-order chi connectivity index (χ1) is 9.61. The van der Waals surface area contributed by atoms with Crippen LogP contribution in [0.4, 0.5) is 0 Å². The van der Waals surface area contributed by atoms with E-state index in [2.05, 4.69) is 51.9 Å². The second-order valence-corrected chi connectivity index (χ2v) is 6.30. The van der Waals surface area contributed by atoms with Crippen molar-refractivity contribution in [3.8, 4) is 11.6 Å². The van der Waals surface area contributed by atoms with Crippen molar-refractivity contribution in [1.82, 2.24) is 9.97 Å². The Morgan fingerprint density at radius 2 is 1.85 bits per heavy atom. The number of halogens is 1. The summed E-state index contributed by atoms with van der Waals surface area (Å²) in [4.78, 5) is 8.89. The fourth-order valence-corrected chi connectivity index (χ4v) is 2.41. The molecule has 1 aliphatic rings. The van der Waals surface area contributed by atoms with Crippen LogP contribution in [0, 0.1) is 0 Å². The molecule has 1 fully saturated rings. The summed E-state index contributed by atoms with van der Waals surface area (Å²) in [5.74, 6) is 3.33. The van der Waals surface area contributed by atoms with Crippen molar-refractivity contribution < 1.29 is 4.74 Å². The normalized spacial score (nSPS) is 14.6. The average molecular weight is 333 g/mol. The van der Waals surface area contributed by atoms with Crippen molar-refractivity contribution in [3.63, 3.8) is 0 Å². The van der Waals surface area contributed by atoms with Gasteiger partial charge < -0.3 is 4.74 Å². The Morgan fingerprint density at radius 3 is 2.45 bits per heavy atom. The van der Waals surface area contributed by atoms with E-state index in [1.54, 1.807) is 0 Å². The molecule has 0 amide bonds. The lowest BCUT2D eigenvalue weighted by atomic mass is 10.0. The smallest absolute Gasteiger partial charge is 0.223 e. The Bertz CT molecular complexity index is 606.